The predicted octanol–water partition coefficient (Wildman–Crippen LogP) is 4.15. The third-order valence-electron chi connectivity index (χ3n) is 4.50. The maximum absolute atomic E-state index is 12.3. The standard InChI is InChI=1S/C23H27NO5/c1-4-11-27-19-9-7-18(15-21(19)26-3)16(2)24-23(25)10-6-17-5-8-20-22(14-17)29-13-12-28-20/h5-10,14-16H,4,11-13H2,1-3H3,(H,24,25)/b10-6+. The van der Waals surface area contributed by atoms with E-state index in [1.54, 1.807) is 13.2 Å². The van der Waals surface area contributed by atoms with Crippen molar-refractivity contribution in [2.24, 2.45) is 0 Å². The van der Waals surface area contributed by atoms with Gasteiger partial charge in [0.25, 0.3) is 0 Å². The molecule has 3 rings (SSSR count). The maximum Gasteiger partial charge on any atom is 0.244 e. The third-order valence-corrected chi connectivity index (χ3v) is 4.50. The fourth-order valence-electron chi connectivity index (χ4n) is 2.97. The van der Waals surface area contributed by atoms with Crippen molar-refractivity contribution in [1.82, 2.24) is 5.32 Å². The number of hydrogen-bond acceptors (Lipinski definition) is 5. The molecule has 1 aliphatic heterocycles. The highest BCUT2D eigenvalue weighted by Crippen LogP contribution is 2.32. The fraction of sp³-hybridized carbons (Fsp3) is 0.348. The van der Waals surface area contributed by atoms with E-state index in [1.807, 2.05) is 43.3 Å². The molecule has 1 N–H and O–H groups in total. The second kappa shape index (κ2) is 9.87. The number of rotatable bonds is 8. The molecule has 0 aliphatic carbocycles. The minimum Gasteiger partial charge on any atom is -0.493 e. The Morgan fingerprint density at radius 1 is 1.14 bits per heavy atom. The Hall–Kier alpha value is -3.15. The van der Waals surface area contributed by atoms with E-state index in [0.29, 0.717) is 37.1 Å². The van der Waals surface area contributed by atoms with Crippen molar-refractivity contribution in [2.45, 2.75) is 26.3 Å². The highest BCUT2D eigenvalue weighted by molar-refractivity contribution is 5.92. The van der Waals surface area contributed by atoms with E-state index in [1.165, 1.54) is 6.08 Å². The molecule has 0 fully saturated rings. The molecule has 0 saturated heterocycles. The summed E-state index contributed by atoms with van der Waals surface area (Å²) in [6, 6.07) is 11.1. The van der Waals surface area contributed by atoms with Crippen molar-refractivity contribution in [2.75, 3.05) is 26.9 Å². The van der Waals surface area contributed by atoms with Gasteiger partial charge in [-0.15, -0.1) is 0 Å². The summed E-state index contributed by atoms with van der Waals surface area (Å²) in [6.07, 6.45) is 4.19. The Labute approximate surface area is 171 Å². The van der Waals surface area contributed by atoms with Gasteiger partial charge in [-0.2, -0.15) is 0 Å². The van der Waals surface area contributed by atoms with Crippen LogP contribution < -0.4 is 24.3 Å². The molecule has 1 aliphatic rings. The number of methoxy groups -OCH3 is 1. The highest BCUT2D eigenvalue weighted by atomic mass is 16.6. The van der Waals surface area contributed by atoms with Gasteiger partial charge in [0.2, 0.25) is 5.91 Å². The number of ether oxygens (including phenoxy) is 4. The van der Waals surface area contributed by atoms with Crippen LogP contribution in [-0.4, -0.2) is 32.8 Å². The summed E-state index contributed by atoms with van der Waals surface area (Å²) >= 11 is 0. The first-order valence-corrected chi connectivity index (χ1v) is 9.79. The molecular weight excluding hydrogens is 370 g/mol. The summed E-state index contributed by atoms with van der Waals surface area (Å²) in [5, 5.41) is 2.96. The lowest BCUT2D eigenvalue weighted by molar-refractivity contribution is -0.117. The Bertz CT molecular complexity index is 878. The Balaban J connectivity index is 1.62. The minimum absolute atomic E-state index is 0.179. The average Bonchev–Trinajstić information content (AvgIpc) is 2.75. The predicted molar refractivity (Wildman–Crippen MR) is 112 cm³/mol. The Kier molecular flexibility index (Phi) is 7.00. The molecule has 2 aromatic rings. The molecule has 6 nitrogen and oxygen atoms in total. The summed E-state index contributed by atoms with van der Waals surface area (Å²) in [6.45, 7) is 5.70. The van der Waals surface area contributed by atoms with Gasteiger partial charge in [-0.25, -0.2) is 0 Å². The van der Waals surface area contributed by atoms with Crippen LogP contribution in [0.5, 0.6) is 23.0 Å². The second-order valence-electron chi connectivity index (χ2n) is 6.73. The van der Waals surface area contributed by atoms with Gasteiger partial charge in [0, 0.05) is 6.08 Å². The number of nitrogens with one attached hydrogen (secondary N) is 1. The molecule has 0 spiro atoms. The first-order valence-electron chi connectivity index (χ1n) is 9.79. The van der Waals surface area contributed by atoms with Gasteiger partial charge in [0.05, 0.1) is 19.8 Å². The topological polar surface area (TPSA) is 66.0 Å². The van der Waals surface area contributed by atoms with Crippen molar-refractivity contribution < 1.29 is 23.7 Å². The van der Waals surface area contributed by atoms with Crippen LogP contribution in [0.15, 0.2) is 42.5 Å². The van der Waals surface area contributed by atoms with E-state index in [9.17, 15) is 4.79 Å². The van der Waals surface area contributed by atoms with Crippen molar-refractivity contribution in [3.8, 4) is 23.0 Å². The van der Waals surface area contributed by atoms with Crippen LogP contribution in [0.2, 0.25) is 0 Å². The molecule has 29 heavy (non-hydrogen) atoms. The van der Waals surface area contributed by atoms with Crippen LogP contribution in [-0.2, 0) is 4.79 Å². The lowest BCUT2D eigenvalue weighted by atomic mass is 10.1. The number of hydrogen-bond donors (Lipinski definition) is 1. The largest absolute Gasteiger partial charge is 0.493 e. The first-order chi connectivity index (χ1) is 14.1. The van der Waals surface area contributed by atoms with Gasteiger partial charge in [-0.05, 0) is 54.8 Å². The van der Waals surface area contributed by atoms with Crippen LogP contribution >= 0.6 is 0 Å². The molecule has 1 amide bonds. The molecule has 6 heteroatoms. The number of carbonyl (C=O) groups is 1. The molecule has 1 atom stereocenters. The van der Waals surface area contributed by atoms with Crippen LogP contribution in [0, 0.1) is 0 Å². The molecule has 0 radical (unpaired) electrons. The van der Waals surface area contributed by atoms with E-state index in [-0.39, 0.29) is 11.9 Å². The lowest BCUT2D eigenvalue weighted by Gasteiger charge is -2.18. The van der Waals surface area contributed by atoms with Crippen molar-refractivity contribution in [3.63, 3.8) is 0 Å². The van der Waals surface area contributed by atoms with E-state index in [4.69, 9.17) is 18.9 Å². The van der Waals surface area contributed by atoms with Crippen molar-refractivity contribution >= 4 is 12.0 Å². The zero-order valence-corrected chi connectivity index (χ0v) is 17.1. The van der Waals surface area contributed by atoms with Gasteiger partial charge in [-0.3, -0.25) is 4.79 Å². The molecular formula is C23H27NO5. The molecule has 0 bridgehead atoms. The summed E-state index contributed by atoms with van der Waals surface area (Å²) in [5.74, 6) is 2.60. The molecule has 154 valence electrons. The maximum atomic E-state index is 12.3. The van der Waals surface area contributed by atoms with E-state index in [2.05, 4.69) is 12.2 Å². The minimum atomic E-state index is -0.183. The summed E-state index contributed by atoms with van der Waals surface area (Å²) in [7, 11) is 1.61. The molecule has 0 aromatic heterocycles. The van der Waals surface area contributed by atoms with Crippen molar-refractivity contribution in [3.05, 3.63) is 53.6 Å². The number of benzene rings is 2. The average molecular weight is 397 g/mol. The van der Waals surface area contributed by atoms with Crippen LogP contribution in [0.4, 0.5) is 0 Å². The second-order valence-corrected chi connectivity index (χ2v) is 6.73. The molecule has 1 heterocycles. The highest BCUT2D eigenvalue weighted by Gasteiger charge is 2.13. The van der Waals surface area contributed by atoms with E-state index < -0.39 is 0 Å². The van der Waals surface area contributed by atoms with E-state index in [0.717, 1.165) is 23.3 Å². The summed E-state index contributed by atoms with van der Waals surface area (Å²) in [4.78, 5) is 12.3. The Morgan fingerprint density at radius 2 is 1.93 bits per heavy atom. The lowest BCUT2D eigenvalue weighted by Crippen LogP contribution is -2.24. The third kappa shape index (κ3) is 5.44. The van der Waals surface area contributed by atoms with Gasteiger partial charge in [0.15, 0.2) is 23.0 Å². The van der Waals surface area contributed by atoms with Crippen LogP contribution in [0.1, 0.15) is 37.4 Å². The molecule has 1 unspecified atom stereocenters. The van der Waals surface area contributed by atoms with Gasteiger partial charge < -0.3 is 24.3 Å². The SMILES string of the molecule is CCCOc1ccc(C(C)NC(=O)/C=C/c2ccc3c(c2)OCCO3)cc1OC. The molecule has 2 aromatic carbocycles. The monoisotopic (exact) mass is 397 g/mol. The number of fused-ring (bicyclic) bond motifs is 1. The normalized spacial score (nSPS) is 13.8. The van der Waals surface area contributed by atoms with Gasteiger partial charge in [-0.1, -0.05) is 19.1 Å². The molecule has 0 saturated carbocycles. The summed E-state index contributed by atoms with van der Waals surface area (Å²) < 4.78 is 22.2. The van der Waals surface area contributed by atoms with E-state index >= 15 is 0 Å². The summed E-state index contributed by atoms with van der Waals surface area (Å²) in [5.41, 5.74) is 1.81. The zero-order valence-electron chi connectivity index (χ0n) is 17.1. The van der Waals surface area contributed by atoms with Crippen molar-refractivity contribution in [1.29, 1.82) is 0 Å². The van der Waals surface area contributed by atoms with Crippen LogP contribution in [0.3, 0.4) is 0 Å². The number of carbonyl (C=O) groups excluding carboxylic acids is 1. The quantitative estimate of drug-likeness (QED) is 0.678. The van der Waals surface area contributed by atoms with Crippen LogP contribution in [0.25, 0.3) is 6.08 Å². The fourth-order valence-corrected chi connectivity index (χ4v) is 2.97. The smallest absolute Gasteiger partial charge is 0.244 e. The first kappa shape index (κ1) is 20.6. The Morgan fingerprint density at radius 3 is 2.69 bits per heavy atom. The zero-order chi connectivity index (χ0) is 20.6. The van der Waals surface area contributed by atoms with Gasteiger partial charge >= 0.3 is 0 Å². The van der Waals surface area contributed by atoms with Gasteiger partial charge in [0.1, 0.15) is 13.2 Å². The number of amides is 1.